The van der Waals surface area contributed by atoms with E-state index in [4.69, 9.17) is 11.6 Å². The van der Waals surface area contributed by atoms with Gasteiger partial charge in [0.25, 0.3) is 0 Å². The lowest BCUT2D eigenvalue weighted by molar-refractivity contribution is 0.792. The zero-order chi connectivity index (χ0) is 11.4. The van der Waals surface area contributed by atoms with Gasteiger partial charge in [0.1, 0.15) is 11.0 Å². The van der Waals surface area contributed by atoms with Crippen LogP contribution in [0.25, 0.3) is 0 Å². The number of halogens is 1. The van der Waals surface area contributed by atoms with Crippen molar-refractivity contribution in [2.24, 2.45) is 0 Å². The molecule has 1 unspecified atom stereocenters. The van der Waals surface area contributed by atoms with Crippen LogP contribution in [-0.2, 0) is 0 Å². The first-order valence-corrected chi connectivity index (χ1v) is 6.27. The molecule has 3 nitrogen and oxygen atoms in total. The van der Waals surface area contributed by atoms with Gasteiger partial charge in [-0.1, -0.05) is 24.6 Å². The number of nitrogens with one attached hydrogen (secondary N) is 1. The van der Waals surface area contributed by atoms with E-state index in [0.29, 0.717) is 11.1 Å². The van der Waals surface area contributed by atoms with Crippen molar-refractivity contribution in [2.45, 2.75) is 12.8 Å². The standard InChI is InChI=1S/C11H12ClN3S/c1-8(11-13-5-6-16-11)7-14-10-4-2-3-9(12)15-10/h2-6,8H,7H2,1H3,(H,14,15). The second-order valence-electron chi connectivity index (χ2n) is 3.50. The van der Waals surface area contributed by atoms with Gasteiger partial charge in [-0.2, -0.15) is 0 Å². The Labute approximate surface area is 104 Å². The normalized spacial score (nSPS) is 12.4. The molecule has 1 atom stereocenters. The van der Waals surface area contributed by atoms with E-state index in [9.17, 15) is 0 Å². The summed E-state index contributed by atoms with van der Waals surface area (Å²) in [5, 5.41) is 6.87. The molecule has 1 N–H and O–H groups in total. The lowest BCUT2D eigenvalue weighted by Crippen LogP contribution is -2.10. The molecule has 84 valence electrons. The zero-order valence-electron chi connectivity index (χ0n) is 8.85. The van der Waals surface area contributed by atoms with Gasteiger partial charge in [-0.15, -0.1) is 11.3 Å². The second-order valence-corrected chi connectivity index (χ2v) is 4.81. The van der Waals surface area contributed by atoms with Crippen LogP contribution < -0.4 is 5.32 Å². The van der Waals surface area contributed by atoms with Crippen molar-refractivity contribution >= 4 is 28.8 Å². The SMILES string of the molecule is CC(CNc1cccc(Cl)n1)c1nccs1. The summed E-state index contributed by atoms with van der Waals surface area (Å²) in [6, 6.07) is 5.54. The highest BCUT2D eigenvalue weighted by molar-refractivity contribution is 7.09. The Bertz CT molecular complexity index is 444. The minimum Gasteiger partial charge on any atom is -0.369 e. The Morgan fingerprint density at radius 1 is 1.50 bits per heavy atom. The van der Waals surface area contributed by atoms with Crippen LogP contribution in [0.5, 0.6) is 0 Å². The maximum Gasteiger partial charge on any atom is 0.131 e. The summed E-state index contributed by atoms with van der Waals surface area (Å²) in [7, 11) is 0. The first kappa shape index (κ1) is 11.4. The Morgan fingerprint density at radius 2 is 2.38 bits per heavy atom. The van der Waals surface area contributed by atoms with Gasteiger partial charge in [0, 0.05) is 24.0 Å². The summed E-state index contributed by atoms with van der Waals surface area (Å²) in [6.07, 6.45) is 1.83. The van der Waals surface area contributed by atoms with Crippen LogP contribution in [0, 0.1) is 0 Å². The smallest absolute Gasteiger partial charge is 0.131 e. The van der Waals surface area contributed by atoms with Crippen molar-refractivity contribution < 1.29 is 0 Å². The topological polar surface area (TPSA) is 37.8 Å². The lowest BCUT2D eigenvalue weighted by atomic mass is 10.2. The highest BCUT2D eigenvalue weighted by atomic mass is 35.5. The van der Waals surface area contributed by atoms with Gasteiger partial charge >= 0.3 is 0 Å². The summed E-state index contributed by atoms with van der Waals surface area (Å²) in [6.45, 7) is 2.94. The molecule has 0 saturated heterocycles. The van der Waals surface area contributed by atoms with Gasteiger partial charge < -0.3 is 5.32 Å². The number of nitrogens with zero attached hydrogens (tertiary/aromatic N) is 2. The van der Waals surface area contributed by atoms with Gasteiger partial charge in [0.2, 0.25) is 0 Å². The lowest BCUT2D eigenvalue weighted by Gasteiger charge is -2.10. The molecule has 0 fully saturated rings. The Balaban J connectivity index is 1.92. The summed E-state index contributed by atoms with van der Waals surface area (Å²) in [4.78, 5) is 8.44. The molecule has 0 aromatic carbocycles. The Morgan fingerprint density at radius 3 is 3.06 bits per heavy atom. The average molecular weight is 254 g/mol. The largest absolute Gasteiger partial charge is 0.369 e. The molecule has 5 heteroatoms. The van der Waals surface area contributed by atoms with Crippen LogP contribution in [-0.4, -0.2) is 16.5 Å². The van der Waals surface area contributed by atoms with Crippen LogP contribution >= 0.6 is 22.9 Å². The molecule has 0 aliphatic carbocycles. The number of hydrogen-bond acceptors (Lipinski definition) is 4. The van der Waals surface area contributed by atoms with Gasteiger partial charge in [-0.05, 0) is 12.1 Å². The number of thiazole rings is 1. The highest BCUT2D eigenvalue weighted by Gasteiger charge is 2.07. The molecule has 2 aromatic heterocycles. The number of aromatic nitrogens is 2. The fraction of sp³-hybridized carbons (Fsp3) is 0.273. The molecule has 0 radical (unpaired) electrons. The third kappa shape index (κ3) is 2.93. The molecule has 0 spiro atoms. The minimum atomic E-state index is 0.376. The molecular formula is C11H12ClN3S. The van der Waals surface area contributed by atoms with E-state index >= 15 is 0 Å². The number of hydrogen-bond donors (Lipinski definition) is 1. The summed E-state index contributed by atoms with van der Waals surface area (Å²) >= 11 is 7.47. The van der Waals surface area contributed by atoms with E-state index in [0.717, 1.165) is 17.4 Å². The first-order valence-electron chi connectivity index (χ1n) is 5.01. The number of pyridine rings is 1. The molecule has 0 bridgehead atoms. The van der Waals surface area contributed by atoms with Crippen molar-refractivity contribution in [3.05, 3.63) is 39.9 Å². The van der Waals surface area contributed by atoms with Gasteiger partial charge in [-0.25, -0.2) is 9.97 Å². The average Bonchev–Trinajstić information content (AvgIpc) is 2.79. The van der Waals surface area contributed by atoms with E-state index in [-0.39, 0.29) is 0 Å². The zero-order valence-corrected chi connectivity index (χ0v) is 10.4. The quantitative estimate of drug-likeness (QED) is 0.849. The summed E-state index contributed by atoms with van der Waals surface area (Å²) in [5.74, 6) is 1.18. The maximum absolute atomic E-state index is 5.80. The predicted molar refractivity (Wildman–Crippen MR) is 68.3 cm³/mol. The van der Waals surface area contributed by atoms with Gasteiger partial charge in [0.15, 0.2) is 0 Å². The Hall–Kier alpha value is -1.13. The van der Waals surface area contributed by atoms with E-state index in [2.05, 4.69) is 22.2 Å². The molecule has 2 rings (SSSR count). The molecule has 0 aliphatic rings. The van der Waals surface area contributed by atoms with E-state index < -0.39 is 0 Å². The molecule has 2 heterocycles. The van der Waals surface area contributed by atoms with E-state index in [1.807, 2.05) is 23.7 Å². The summed E-state index contributed by atoms with van der Waals surface area (Å²) < 4.78 is 0. The number of rotatable bonds is 4. The highest BCUT2D eigenvalue weighted by Crippen LogP contribution is 2.18. The third-order valence-electron chi connectivity index (χ3n) is 2.18. The van der Waals surface area contributed by atoms with Crippen molar-refractivity contribution in [3.8, 4) is 0 Å². The molecule has 0 saturated carbocycles. The van der Waals surface area contributed by atoms with E-state index in [1.54, 1.807) is 17.4 Å². The maximum atomic E-state index is 5.80. The molecular weight excluding hydrogens is 242 g/mol. The van der Waals surface area contributed by atoms with E-state index in [1.165, 1.54) is 0 Å². The minimum absolute atomic E-state index is 0.376. The predicted octanol–water partition coefficient (Wildman–Crippen LogP) is 3.41. The summed E-state index contributed by atoms with van der Waals surface area (Å²) in [5.41, 5.74) is 0. The molecule has 2 aromatic rings. The number of anilines is 1. The molecule has 0 amide bonds. The van der Waals surface area contributed by atoms with Crippen LogP contribution in [0.3, 0.4) is 0 Å². The first-order chi connectivity index (χ1) is 7.75. The molecule has 16 heavy (non-hydrogen) atoms. The monoisotopic (exact) mass is 253 g/mol. The van der Waals surface area contributed by atoms with Crippen molar-refractivity contribution in [1.29, 1.82) is 0 Å². The Kier molecular flexibility index (Phi) is 3.74. The third-order valence-corrected chi connectivity index (χ3v) is 3.40. The van der Waals surface area contributed by atoms with Crippen molar-refractivity contribution in [1.82, 2.24) is 9.97 Å². The van der Waals surface area contributed by atoms with Crippen molar-refractivity contribution in [3.63, 3.8) is 0 Å². The van der Waals surface area contributed by atoms with Crippen LogP contribution in [0.1, 0.15) is 17.8 Å². The van der Waals surface area contributed by atoms with Crippen molar-refractivity contribution in [2.75, 3.05) is 11.9 Å². The van der Waals surface area contributed by atoms with Crippen LogP contribution in [0.4, 0.5) is 5.82 Å². The van der Waals surface area contributed by atoms with Gasteiger partial charge in [0.05, 0.1) is 5.01 Å². The second kappa shape index (κ2) is 5.27. The molecule has 0 aliphatic heterocycles. The van der Waals surface area contributed by atoms with Crippen LogP contribution in [0.15, 0.2) is 29.8 Å². The fourth-order valence-corrected chi connectivity index (χ4v) is 2.19. The van der Waals surface area contributed by atoms with Gasteiger partial charge in [-0.3, -0.25) is 0 Å². The fourth-order valence-electron chi connectivity index (χ4n) is 1.33. The van der Waals surface area contributed by atoms with Crippen LogP contribution in [0.2, 0.25) is 5.15 Å².